The lowest BCUT2D eigenvalue weighted by atomic mass is 9.95. The molecule has 120 valence electrons. The minimum absolute atomic E-state index is 0.667. The molecule has 0 bridgehead atoms. The van der Waals surface area contributed by atoms with Crippen LogP contribution in [0.2, 0.25) is 0 Å². The summed E-state index contributed by atoms with van der Waals surface area (Å²) in [4.78, 5) is 4.64. The third-order valence-corrected chi connectivity index (χ3v) is 3.89. The number of pyridine rings is 1. The summed E-state index contributed by atoms with van der Waals surface area (Å²) in [5, 5.41) is 4.48. The van der Waals surface area contributed by atoms with Gasteiger partial charge in [0.25, 0.3) is 0 Å². The molecule has 1 N–H and O–H groups in total. The highest BCUT2D eigenvalue weighted by Crippen LogP contribution is 2.24. The summed E-state index contributed by atoms with van der Waals surface area (Å²) < 4.78 is 10.6. The van der Waals surface area contributed by atoms with Crippen molar-refractivity contribution in [3.05, 3.63) is 59.8 Å². The van der Waals surface area contributed by atoms with E-state index in [2.05, 4.69) is 16.4 Å². The van der Waals surface area contributed by atoms with Gasteiger partial charge in [-0.05, 0) is 18.2 Å². The van der Waals surface area contributed by atoms with Crippen LogP contribution in [0.5, 0.6) is 11.5 Å². The van der Waals surface area contributed by atoms with E-state index < -0.39 is 0 Å². The van der Waals surface area contributed by atoms with Crippen molar-refractivity contribution in [1.29, 1.82) is 0 Å². The molecule has 0 aliphatic heterocycles. The standard InChI is InChI=1S/C19H19BN2O2/c1-23-17-8-5-14(19(10-17)24-2)11-21-12-16-7-4-13-3-6-15(20)9-18(13)22-16/h3-10,21H,11-12H2,1-2H3. The van der Waals surface area contributed by atoms with Gasteiger partial charge >= 0.3 is 0 Å². The first-order valence-electron chi connectivity index (χ1n) is 7.76. The van der Waals surface area contributed by atoms with Crippen molar-refractivity contribution < 1.29 is 9.47 Å². The largest absolute Gasteiger partial charge is 0.497 e. The molecule has 0 aliphatic rings. The number of ether oxygens (including phenoxy) is 2. The van der Waals surface area contributed by atoms with Crippen molar-refractivity contribution in [1.82, 2.24) is 10.3 Å². The van der Waals surface area contributed by atoms with Crippen LogP contribution in [0, 0.1) is 0 Å². The first kappa shape index (κ1) is 16.3. The van der Waals surface area contributed by atoms with Gasteiger partial charge in [0.05, 0.1) is 25.4 Å². The fraction of sp³-hybridized carbons (Fsp3) is 0.211. The summed E-state index contributed by atoms with van der Waals surface area (Å²) in [5.74, 6) is 1.59. The Kier molecular flexibility index (Phi) is 5.01. The first-order chi connectivity index (χ1) is 11.7. The Morgan fingerprint density at radius 3 is 2.58 bits per heavy atom. The molecule has 0 aliphatic carbocycles. The maximum atomic E-state index is 5.83. The Hall–Kier alpha value is -2.53. The van der Waals surface area contributed by atoms with Crippen molar-refractivity contribution >= 4 is 24.2 Å². The lowest BCUT2D eigenvalue weighted by molar-refractivity contribution is 0.389. The van der Waals surface area contributed by atoms with E-state index in [0.717, 1.165) is 39.1 Å². The van der Waals surface area contributed by atoms with Crippen LogP contribution in [0.1, 0.15) is 11.3 Å². The van der Waals surface area contributed by atoms with Gasteiger partial charge in [-0.3, -0.25) is 4.98 Å². The number of methoxy groups -OCH3 is 2. The zero-order chi connectivity index (χ0) is 16.9. The molecule has 0 amide bonds. The summed E-state index contributed by atoms with van der Waals surface area (Å²) in [6.45, 7) is 1.35. The molecular formula is C19H19BN2O2. The second-order valence-corrected chi connectivity index (χ2v) is 5.54. The molecule has 0 saturated heterocycles. The van der Waals surface area contributed by atoms with Gasteiger partial charge in [-0.2, -0.15) is 0 Å². The molecule has 0 atom stereocenters. The summed E-state index contributed by atoms with van der Waals surface area (Å²) in [5.41, 5.74) is 3.68. The molecule has 4 nitrogen and oxygen atoms in total. The van der Waals surface area contributed by atoms with Crippen LogP contribution in [0.3, 0.4) is 0 Å². The molecule has 0 unspecified atom stereocenters. The van der Waals surface area contributed by atoms with Crippen LogP contribution >= 0.6 is 0 Å². The van der Waals surface area contributed by atoms with E-state index in [1.165, 1.54) is 0 Å². The van der Waals surface area contributed by atoms with Gasteiger partial charge in [-0.1, -0.05) is 29.7 Å². The van der Waals surface area contributed by atoms with Crippen molar-refractivity contribution in [2.24, 2.45) is 0 Å². The minimum Gasteiger partial charge on any atom is -0.497 e. The fourth-order valence-corrected chi connectivity index (χ4v) is 2.60. The lowest BCUT2D eigenvalue weighted by Gasteiger charge is -2.11. The van der Waals surface area contributed by atoms with Crippen LogP contribution in [-0.4, -0.2) is 27.0 Å². The highest BCUT2D eigenvalue weighted by atomic mass is 16.5. The van der Waals surface area contributed by atoms with Crippen molar-refractivity contribution in [3.63, 3.8) is 0 Å². The third kappa shape index (κ3) is 3.68. The number of rotatable bonds is 6. The molecule has 3 rings (SSSR count). The van der Waals surface area contributed by atoms with Crippen molar-refractivity contribution in [2.45, 2.75) is 13.1 Å². The molecule has 3 aromatic rings. The normalized spacial score (nSPS) is 10.8. The maximum absolute atomic E-state index is 5.83. The molecule has 0 saturated carbocycles. The maximum Gasteiger partial charge on any atom is 0.127 e. The number of fused-ring (bicyclic) bond motifs is 1. The molecule has 2 radical (unpaired) electrons. The molecule has 2 aromatic carbocycles. The van der Waals surface area contributed by atoms with Crippen LogP contribution in [0.25, 0.3) is 10.9 Å². The average molecular weight is 318 g/mol. The summed E-state index contributed by atoms with van der Waals surface area (Å²) in [6, 6.07) is 15.7. The van der Waals surface area contributed by atoms with Gasteiger partial charge in [0.2, 0.25) is 0 Å². The monoisotopic (exact) mass is 318 g/mol. The number of benzene rings is 2. The van der Waals surface area contributed by atoms with E-state index in [-0.39, 0.29) is 0 Å². The Balaban J connectivity index is 1.68. The zero-order valence-electron chi connectivity index (χ0n) is 13.9. The molecule has 1 aromatic heterocycles. The van der Waals surface area contributed by atoms with Gasteiger partial charge in [-0.15, -0.1) is 0 Å². The average Bonchev–Trinajstić information content (AvgIpc) is 2.61. The fourth-order valence-electron chi connectivity index (χ4n) is 2.60. The number of aromatic nitrogens is 1. The van der Waals surface area contributed by atoms with E-state index in [0.29, 0.717) is 13.1 Å². The quantitative estimate of drug-likeness (QED) is 0.709. The zero-order valence-corrected chi connectivity index (χ0v) is 13.9. The second-order valence-electron chi connectivity index (χ2n) is 5.54. The third-order valence-electron chi connectivity index (χ3n) is 3.89. The number of hydrogen-bond acceptors (Lipinski definition) is 4. The van der Waals surface area contributed by atoms with Gasteiger partial charge in [-0.25, -0.2) is 0 Å². The molecule has 0 spiro atoms. The SMILES string of the molecule is [B]c1ccc2ccc(CNCc3ccc(OC)cc3OC)nc2c1. The number of nitrogens with one attached hydrogen (secondary N) is 1. The molecular weight excluding hydrogens is 299 g/mol. The molecule has 24 heavy (non-hydrogen) atoms. The molecule has 0 fully saturated rings. The van der Waals surface area contributed by atoms with Crippen LogP contribution in [-0.2, 0) is 13.1 Å². The molecule has 5 heteroatoms. The van der Waals surface area contributed by atoms with Crippen LogP contribution in [0.4, 0.5) is 0 Å². The highest BCUT2D eigenvalue weighted by Gasteiger charge is 2.05. The van der Waals surface area contributed by atoms with Crippen LogP contribution < -0.4 is 20.3 Å². The second kappa shape index (κ2) is 7.36. The van der Waals surface area contributed by atoms with Gasteiger partial charge in [0.1, 0.15) is 19.3 Å². The minimum atomic E-state index is 0.667. The summed E-state index contributed by atoms with van der Waals surface area (Å²) in [6.07, 6.45) is 0. The first-order valence-corrected chi connectivity index (χ1v) is 7.76. The van der Waals surface area contributed by atoms with E-state index in [1.54, 1.807) is 14.2 Å². The van der Waals surface area contributed by atoms with Crippen LogP contribution in [0.15, 0.2) is 48.5 Å². The van der Waals surface area contributed by atoms with Crippen molar-refractivity contribution in [2.75, 3.05) is 14.2 Å². The Bertz CT molecular complexity index is 852. The Morgan fingerprint density at radius 1 is 0.958 bits per heavy atom. The van der Waals surface area contributed by atoms with Crippen molar-refractivity contribution in [3.8, 4) is 11.5 Å². The molecule has 1 heterocycles. The Labute approximate surface area is 143 Å². The topological polar surface area (TPSA) is 43.4 Å². The predicted molar refractivity (Wildman–Crippen MR) is 97.2 cm³/mol. The lowest BCUT2D eigenvalue weighted by Crippen LogP contribution is -2.14. The number of nitrogens with zero attached hydrogens (tertiary/aromatic N) is 1. The summed E-state index contributed by atoms with van der Waals surface area (Å²) in [7, 11) is 9.13. The predicted octanol–water partition coefficient (Wildman–Crippen LogP) is 2.34. The summed E-state index contributed by atoms with van der Waals surface area (Å²) >= 11 is 0. The van der Waals surface area contributed by atoms with E-state index >= 15 is 0 Å². The van der Waals surface area contributed by atoms with Gasteiger partial charge in [0.15, 0.2) is 0 Å². The van der Waals surface area contributed by atoms with E-state index in [1.807, 2.05) is 42.5 Å². The smallest absolute Gasteiger partial charge is 0.127 e. The van der Waals surface area contributed by atoms with E-state index in [4.69, 9.17) is 17.3 Å². The van der Waals surface area contributed by atoms with Gasteiger partial charge < -0.3 is 14.8 Å². The van der Waals surface area contributed by atoms with Gasteiger partial charge in [0, 0.05) is 30.1 Å². The number of hydrogen-bond donors (Lipinski definition) is 1. The van der Waals surface area contributed by atoms with E-state index in [9.17, 15) is 0 Å². The Morgan fingerprint density at radius 2 is 1.79 bits per heavy atom. The highest BCUT2D eigenvalue weighted by molar-refractivity contribution is 6.33.